The molecule has 0 atom stereocenters. The Kier molecular flexibility index (Phi) is 19.7. The van der Waals surface area contributed by atoms with E-state index in [9.17, 15) is 4.79 Å². The first kappa shape index (κ1) is 27.2. The van der Waals surface area contributed by atoms with Crippen LogP contribution >= 0.6 is 22.6 Å². The van der Waals surface area contributed by atoms with Gasteiger partial charge in [0.25, 0.3) is 0 Å². The number of unbranched alkanes of at least 4 members (excludes halogenated alkanes) is 3. The van der Waals surface area contributed by atoms with Gasteiger partial charge in [-0.05, 0) is 26.2 Å². The molecule has 0 heterocycles. The smallest absolute Gasteiger partial charge is 0.308 e. The molecule has 2 nitrogen and oxygen atoms in total. The number of carbonyl (C=O) groups is 1. The van der Waals surface area contributed by atoms with Crippen molar-refractivity contribution < 1.29 is 9.90 Å². The van der Waals surface area contributed by atoms with Crippen LogP contribution in [0.4, 0.5) is 0 Å². The van der Waals surface area contributed by atoms with Gasteiger partial charge < -0.3 is 5.11 Å². The summed E-state index contributed by atoms with van der Waals surface area (Å²) in [4.78, 5) is 10.3. The third-order valence-electron chi connectivity index (χ3n) is 3.56. The summed E-state index contributed by atoms with van der Waals surface area (Å²) in [6.45, 7) is 13.6. The fourth-order valence-electron chi connectivity index (χ4n) is 2.32. The molecule has 5 heteroatoms. The molecule has 0 unspecified atom stereocenters. The monoisotopic (exact) mass is 575 g/mol. The molecule has 0 spiro atoms. The predicted molar refractivity (Wildman–Crippen MR) is 123 cm³/mol. The molecular weight excluding hydrogens is 534 g/mol. The molecule has 0 bridgehead atoms. The first-order valence-corrected chi connectivity index (χ1v) is 20.3. The average molecular weight is 574 g/mol. The summed E-state index contributed by atoms with van der Waals surface area (Å²) in [7, 11) is -1.22. The van der Waals surface area contributed by atoms with Crippen LogP contribution in [0.5, 0.6) is 0 Å². The second kappa shape index (κ2) is 17.4. The van der Waals surface area contributed by atoms with E-state index in [1.165, 1.54) is 38.5 Å². The van der Waals surface area contributed by atoms with Crippen molar-refractivity contribution in [3.8, 4) is 0 Å². The van der Waals surface area contributed by atoms with Gasteiger partial charge in [-0.1, -0.05) is 25.3 Å². The number of carboxylic acid groups (broad SMARTS) is 1. The maximum absolute atomic E-state index is 10.3. The van der Waals surface area contributed by atoms with E-state index in [4.69, 9.17) is 5.11 Å². The second-order valence-corrected chi connectivity index (χ2v) is 22.6. The number of rotatable bonds is 12. The van der Waals surface area contributed by atoms with E-state index < -0.39 is 33.8 Å². The Hall–Kier alpha value is 0.956. The predicted octanol–water partition coefficient (Wildman–Crippen LogP) is 7.54. The van der Waals surface area contributed by atoms with E-state index >= 15 is 0 Å². The molecule has 24 heavy (non-hydrogen) atoms. The van der Waals surface area contributed by atoms with Gasteiger partial charge in [0.15, 0.2) is 0 Å². The van der Waals surface area contributed by atoms with Crippen molar-refractivity contribution in [2.75, 3.05) is 0 Å². The third kappa shape index (κ3) is 23.0. The zero-order valence-corrected chi connectivity index (χ0v) is 22.9. The summed E-state index contributed by atoms with van der Waals surface area (Å²) in [6, 6.07) is 0. The average Bonchev–Trinajstić information content (AvgIpc) is 2.44. The summed E-state index contributed by atoms with van der Waals surface area (Å²) >= 11 is 1.26. The summed E-state index contributed by atoms with van der Waals surface area (Å²) in [6.07, 6.45) is 9.02. The summed E-state index contributed by atoms with van der Waals surface area (Å²) in [5.74, 6) is -0.746. The summed E-state index contributed by atoms with van der Waals surface area (Å²) < 4.78 is 5.99. The molecule has 1 N–H and O–H groups in total. The normalized spacial score (nSPS) is 12.1. The maximum Gasteiger partial charge on any atom is 0.308 e. The second-order valence-electron chi connectivity index (χ2n) is 7.59. The van der Waals surface area contributed by atoms with Crippen LogP contribution < -0.4 is 0 Å². The van der Waals surface area contributed by atoms with E-state index in [0.29, 0.717) is 0 Å². The van der Waals surface area contributed by atoms with Crippen LogP contribution in [-0.4, -0.2) is 38.9 Å². The van der Waals surface area contributed by atoms with Crippen molar-refractivity contribution in [3.63, 3.8) is 0 Å². The van der Waals surface area contributed by atoms with Crippen LogP contribution in [0.1, 0.15) is 65.7 Å². The van der Waals surface area contributed by atoms with Gasteiger partial charge in [-0.3, -0.25) is 4.79 Å². The van der Waals surface area contributed by atoms with Crippen molar-refractivity contribution in [1.29, 1.82) is 0 Å². The van der Waals surface area contributed by atoms with Crippen molar-refractivity contribution in [2.45, 2.75) is 98.7 Å². The molecule has 0 saturated heterocycles. The first-order chi connectivity index (χ1) is 11.2. The number of hydrogen-bond donors (Lipinski definition) is 1. The Morgan fingerprint density at radius 1 is 0.958 bits per heavy atom. The molecule has 0 saturated carbocycles. The molecule has 0 aliphatic carbocycles. The Bertz CT molecular complexity index is 322. The van der Waals surface area contributed by atoms with Crippen LogP contribution in [-0.2, 0) is 4.79 Å². The minimum Gasteiger partial charge on any atom is -0.481 e. The van der Waals surface area contributed by atoms with Gasteiger partial charge in [0.2, 0.25) is 0 Å². The summed E-state index contributed by atoms with van der Waals surface area (Å²) in [5.41, 5.74) is 2.11. The van der Waals surface area contributed by atoms with Gasteiger partial charge in [0.1, 0.15) is 0 Å². The number of aliphatic carboxylic acids is 1. The summed E-state index contributed by atoms with van der Waals surface area (Å²) in [5, 5.41) is 8.45. The van der Waals surface area contributed by atoms with Gasteiger partial charge in [-0.25, -0.2) is 0 Å². The Morgan fingerprint density at radius 2 is 1.33 bits per heavy atom. The molecule has 0 fully saturated rings. The molecule has 0 aliphatic rings. The van der Waals surface area contributed by atoms with Crippen molar-refractivity contribution in [3.05, 3.63) is 9.28 Å². The van der Waals surface area contributed by atoms with Crippen LogP contribution in [0.2, 0.25) is 33.0 Å². The van der Waals surface area contributed by atoms with Gasteiger partial charge in [-0.2, -0.15) is 0 Å². The van der Waals surface area contributed by atoms with Gasteiger partial charge in [-0.15, -0.1) is 0 Å². The van der Waals surface area contributed by atoms with Gasteiger partial charge in [0.05, 0.1) is 14.5 Å². The van der Waals surface area contributed by atoms with Crippen LogP contribution in [0.3, 0.4) is 0 Å². The number of hydrogen-bond acceptors (Lipinski definition) is 1. The maximum atomic E-state index is 10.3. The molecular formula is C19H40IO2SiSn. The zero-order valence-electron chi connectivity index (χ0n) is 16.9. The minimum absolute atomic E-state index is 0.171. The molecule has 0 aromatic rings. The number of halogens is 1. The van der Waals surface area contributed by atoms with Crippen molar-refractivity contribution >= 4 is 56.4 Å². The van der Waals surface area contributed by atoms with Crippen LogP contribution in [0, 0.1) is 0 Å². The van der Waals surface area contributed by atoms with Crippen LogP contribution in [0.15, 0.2) is 9.28 Å². The Balaban J connectivity index is 0. The number of carboxylic acids is 1. The molecule has 0 rings (SSSR count). The molecule has 1 radical (unpaired) electrons. The van der Waals surface area contributed by atoms with Gasteiger partial charge >= 0.3 is 98.3 Å². The zero-order chi connectivity index (χ0) is 19.0. The fraction of sp³-hybridized carbons (Fsp3) is 0.842. The Morgan fingerprint density at radius 3 is 1.58 bits per heavy atom. The molecule has 0 aromatic carbocycles. The minimum atomic E-state index is -1.22. The molecule has 0 amide bonds. The Labute approximate surface area is 173 Å². The molecule has 0 aromatic heterocycles. The quantitative estimate of drug-likeness (QED) is 0.193. The van der Waals surface area contributed by atoms with E-state index in [2.05, 4.69) is 68.7 Å². The molecule has 143 valence electrons. The third-order valence-corrected chi connectivity index (χ3v) is 15.1. The topological polar surface area (TPSA) is 37.3 Å². The van der Waals surface area contributed by atoms with Gasteiger partial charge in [0, 0.05) is 0 Å². The van der Waals surface area contributed by atoms with E-state index in [0.717, 1.165) is 3.58 Å². The van der Waals surface area contributed by atoms with Crippen molar-refractivity contribution in [2.24, 2.45) is 0 Å². The largest absolute Gasteiger partial charge is 0.481 e. The molecule has 0 aliphatic heterocycles. The van der Waals surface area contributed by atoms with Crippen molar-refractivity contribution in [1.82, 2.24) is 0 Å². The fourth-order valence-corrected chi connectivity index (χ4v) is 15.9. The van der Waals surface area contributed by atoms with E-state index in [1.54, 1.807) is 13.3 Å². The van der Waals surface area contributed by atoms with E-state index in [-0.39, 0.29) is 6.42 Å². The first-order valence-electron chi connectivity index (χ1n) is 9.58. The van der Waals surface area contributed by atoms with Crippen LogP contribution in [0.25, 0.3) is 0 Å². The standard InChI is InChI=1S/C7H13IO2Si.3C4H9.Sn/c1-11(2,3)5-6(8)4-7(9)10;3*1-3-4-2;/h5H,4H2,1-3H3,(H,9,10);3*1,3-4H2,2H3;/b6-5-;;;;. The van der Waals surface area contributed by atoms with E-state index in [1.807, 2.05) is 0 Å². The SMILES string of the molecule is CCC[CH2][Sn]([CH2]CCC)[CH2]CCC.C[Si](C)(C)/C=C(\I)CC(=O)O.